The van der Waals surface area contributed by atoms with E-state index in [4.69, 9.17) is 34.8 Å². The van der Waals surface area contributed by atoms with Crippen molar-refractivity contribution in [1.82, 2.24) is 0 Å². The van der Waals surface area contributed by atoms with Gasteiger partial charge in [-0.15, -0.1) is 0 Å². The van der Waals surface area contributed by atoms with E-state index in [1.54, 1.807) is 0 Å². The van der Waals surface area contributed by atoms with E-state index in [2.05, 4.69) is 54.6 Å². The monoisotopic (exact) mass is 322 g/mol. The van der Waals surface area contributed by atoms with Crippen molar-refractivity contribution in [3.05, 3.63) is 60.2 Å². The second kappa shape index (κ2) is 5.44. The predicted molar refractivity (Wildman–Crippen MR) is 90.1 cm³/mol. The van der Waals surface area contributed by atoms with Crippen molar-refractivity contribution in [2.75, 3.05) is 0 Å². The quantitative estimate of drug-likeness (QED) is 0.384. The minimum atomic E-state index is -1.21. The first-order valence-corrected chi connectivity index (χ1v) is 7.64. The van der Waals surface area contributed by atoms with Crippen LogP contribution in [-0.2, 0) is 6.42 Å². The smallest absolute Gasteiger partial charge is 0.0837 e. The number of aryl methyl sites for hydroxylation is 1. The zero-order valence-corrected chi connectivity index (χ0v) is 13.0. The molecule has 3 heteroatoms. The molecule has 3 rings (SSSR count). The van der Waals surface area contributed by atoms with Gasteiger partial charge in [-0.3, -0.25) is 0 Å². The zero-order valence-electron chi connectivity index (χ0n) is 10.7. The highest BCUT2D eigenvalue weighted by Gasteiger charge is 2.20. The van der Waals surface area contributed by atoms with Crippen molar-refractivity contribution in [2.45, 2.75) is 16.6 Å². The van der Waals surface area contributed by atoms with Crippen molar-refractivity contribution < 1.29 is 0 Å². The Balaban J connectivity index is 2.22. The summed E-state index contributed by atoms with van der Waals surface area (Å²) in [6.07, 6.45) is 1.26. The van der Waals surface area contributed by atoms with Crippen LogP contribution in [0, 0.1) is 0 Å². The normalized spacial score (nSPS) is 12.2. The third-order valence-electron chi connectivity index (χ3n) is 3.54. The molecule has 0 amide bonds. The summed E-state index contributed by atoms with van der Waals surface area (Å²) in [5.41, 5.74) is 1.25. The van der Waals surface area contributed by atoms with Crippen LogP contribution in [0.25, 0.3) is 21.5 Å². The zero-order chi connectivity index (χ0) is 14.2. The molecule has 0 aliphatic heterocycles. The van der Waals surface area contributed by atoms with Gasteiger partial charge in [0.25, 0.3) is 0 Å². The van der Waals surface area contributed by atoms with Crippen LogP contribution in [0.15, 0.2) is 54.6 Å². The number of rotatable bonds is 2. The molecule has 0 aliphatic rings. The van der Waals surface area contributed by atoms with Gasteiger partial charge in [-0.05, 0) is 46.0 Å². The average molecular weight is 324 g/mol. The van der Waals surface area contributed by atoms with E-state index in [1.807, 2.05) is 0 Å². The Morgan fingerprint density at radius 1 is 0.750 bits per heavy atom. The maximum absolute atomic E-state index is 5.92. The lowest BCUT2D eigenvalue weighted by Gasteiger charge is -2.14. The molecular formula is C17H13Cl3. The minimum absolute atomic E-state index is 0.510. The van der Waals surface area contributed by atoms with Crippen LogP contribution in [0.3, 0.4) is 0 Å². The third-order valence-corrected chi connectivity index (χ3v) is 4.11. The maximum atomic E-state index is 5.92. The lowest BCUT2D eigenvalue weighted by molar-refractivity contribution is 0.862. The minimum Gasteiger partial charge on any atom is -0.0837 e. The molecular weight excluding hydrogens is 311 g/mol. The number of hydrogen-bond acceptors (Lipinski definition) is 0. The Morgan fingerprint density at radius 3 is 1.75 bits per heavy atom. The van der Waals surface area contributed by atoms with E-state index in [0.29, 0.717) is 6.42 Å². The Bertz CT molecular complexity index is 703. The van der Waals surface area contributed by atoms with Gasteiger partial charge in [0, 0.05) is 0 Å². The highest BCUT2D eigenvalue weighted by atomic mass is 35.6. The van der Waals surface area contributed by atoms with Gasteiger partial charge in [0.15, 0.2) is 3.79 Å². The summed E-state index contributed by atoms with van der Waals surface area (Å²) in [4.78, 5) is 0. The van der Waals surface area contributed by atoms with Gasteiger partial charge in [0.1, 0.15) is 0 Å². The van der Waals surface area contributed by atoms with Gasteiger partial charge < -0.3 is 0 Å². The summed E-state index contributed by atoms with van der Waals surface area (Å²) < 4.78 is -1.21. The summed E-state index contributed by atoms with van der Waals surface area (Å²) in [6, 6.07) is 18.9. The van der Waals surface area contributed by atoms with Crippen LogP contribution in [0.4, 0.5) is 0 Å². The van der Waals surface area contributed by atoms with Gasteiger partial charge in [-0.2, -0.15) is 0 Å². The van der Waals surface area contributed by atoms with Crippen LogP contribution >= 0.6 is 34.8 Å². The second-order valence-corrected chi connectivity index (χ2v) is 7.43. The lowest BCUT2D eigenvalue weighted by Crippen LogP contribution is -2.04. The van der Waals surface area contributed by atoms with Crippen LogP contribution in [0.1, 0.15) is 12.0 Å². The average Bonchev–Trinajstić information content (AvgIpc) is 2.42. The summed E-state index contributed by atoms with van der Waals surface area (Å²) in [5.74, 6) is 0. The Kier molecular flexibility index (Phi) is 3.81. The molecule has 20 heavy (non-hydrogen) atoms. The summed E-state index contributed by atoms with van der Waals surface area (Å²) >= 11 is 17.7. The van der Waals surface area contributed by atoms with Crippen molar-refractivity contribution in [2.24, 2.45) is 0 Å². The second-order valence-electron chi connectivity index (χ2n) is 4.91. The van der Waals surface area contributed by atoms with Crippen LogP contribution in [0.5, 0.6) is 0 Å². The molecule has 0 heterocycles. The lowest BCUT2D eigenvalue weighted by atomic mass is 9.94. The topological polar surface area (TPSA) is 0 Å². The molecule has 0 unspecified atom stereocenters. The highest BCUT2D eigenvalue weighted by Crippen LogP contribution is 2.35. The molecule has 0 radical (unpaired) electrons. The largest absolute Gasteiger partial charge is 0.190 e. The fourth-order valence-corrected chi connectivity index (χ4v) is 2.93. The first-order chi connectivity index (χ1) is 9.54. The molecule has 0 nitrogen and oxygen atoms in total. The van der Waals surface area contributed by atoms with Crippen molar-refractivity contribution >= 4 is 56.3 Å². The molecule has 0 fully saturated rings. The molecule has 0 N–H and O–H groups in total. The van der Waals surface area contributed by atoms with E-state index >= 15 is 0 Å². The maximum Gasteiger partial charge on any atom is 0.190 e. The van der Waals surface area contributed by atoms with Crippen LogP contribution in [-0.4, -0.2) is 3.79 Å². The van der Waals surface area contributed by atoms with E-state index in [9.17, 15) is 0 Å². The summed E-state index contributed by atoms with van der Waals surface area (Å²) in [6.45, 7) is 0. The molecule has 3 aromatic carbocycles. The summed E-state index contributed by atoms with van der Waals surface area (Å²) in [5, 5.41) is 4.93. The molecule has 0 saturated heterocycles. The molecule has 3 aromatic rings. The Hall–Kier alpha value is -0.950. The molecule has 0 saturated carbocycles. The van der Waals surface area contributed by atoms with E-state index < -0.39 is 3.79 Å². The number of hydrogen-bond donors (Lipinski definition) is 0. The van der Waals surface area contributed by atoms with Crippen molar-refractivity contribution in [3.8, 4) is 0 Å². The van der Waals surface area contributed by atoms with E-state index in [1.165, 1.54) is 27.1 Å². The van der Waals surface area contributed by atoms with Crippen LogP contribution in [0.2, 0.25) is 0 Å². The van der Waals surface area contributed by atoms with Crippen LogP contribution < -0.4 is 0 Å². The molecule has 0 spiro atoms. The molecule has 0 aromatic heterocycles. The molecule has 102 valence electrons. The first-order valence-electron chi connectivity index (χ1n) is 6.51. The van der Waals surface area contributed by atoms with Crippen molar-refractivity contribution in [1.29, 1.82) is 0 Å². The fourth-order valence-electron chi connectivity index (χ4n) is 2.64. The molecule has 0 bridgehead atoms. The van der Waals surface area contributed by atoms with E-state index in [0.717, 1.165) is 6.42 Å². The van der Waals surface area contributed by atoms with Gasteiger partial charge in [0.2, 0.25) is 0 Å². The predicted octanol–water partition coefficient (Wildman–Crippen LogP) is 6.30. The fraction of sp³-hybridized carbons (Fsp3) is 0.176. The highest BCUT2D eigenvalue weighted by molar-refractivity contribution is 6.67. The van der Waals surface area contributed by atoms with Gasteiger partial charge in [-0.25, -0.2) is 0 Å². The standard InChI is InChI=1S/C17H13Cl3/c18-17(19,20)10-9-16-14-7-3-1-5-12(14)11-13-6-2-4-8-15(13)16/h1-8,11H,9-10H2. The van der Waals surface area contributed by atoms with Crippen molar-refractivity contribution in [3.63, 3.8) is 0 Å². The molecule has 0 aliphatic carbocycles. The Labute approximate surface area is 133 Å². The van der Waals surface area contributed by atoms with Gasteiger partial charge >= 0.3 is 0 Å². The van der Waals surface area contributed by atoms with Gasteiger partial charge in [-0.1, -0.05) is 83.3 Å². The number of halogens is 3. The SMILES string of the molecule is ClC(Cl)(Cl)CCc1c2ccccc2cc2ccccc12. The Morgan fingerprint density at radius 2 is 1.25 bits per heavy atom. The number of alkyl halides is 3. The van der Waals surface area contributed by atoms with E-state index in [-0.39, 0.29) is 0 Å². The third kappa shape index (κ3) is 2.88. The summed E-state index contributed by atoms with van der Waals surface area (Å²) in [7, 11) is 0. The number of fused-ring (bicyclic) bond motifs is 2. The first kappa shape index (κ1) is 14.0. The number of benzene rings is 3. The molecule has 0 atom stereocenters. The van der Waals surface area contributed by atoms with Gasteiger partial charge in [0.05, 0.1) is 0 Å².